The molecule has 19 heteroatoms. The summed E-state index contributed by atoms with van der Waals surface area (Å²) in [5, 5.41) is 2.78. The molecule has 1 atom stereocenters. The first-order valence-corrected chi connectivity index (χ1v) is 21.7. The largest absolute Gasteiger partial charge is 0.493 e. The minimum absolute atomic E-state index is 0.0424. The monoisotopic (exact) mass is 933 g/mol. The second-order valence-corrected chi connectivity index (χ2v) is 15.6. The van der Waals surface area contributed by atoms with Crippen molar-refractivity contribution in [1.29, 1.82) is 0 Å². The number of imide groups is 2. The third-order valence-electron chi connectivity index (χ3n) is 10.8. The standard InChI is InChI=1S/C48H44ClN5O13/c1-2-64-41-26-43-37(24-35(41)28-19-29(45(50)57)21-30(20-28)53-10-9-51-27-53)40(55)25-42(67-43)34-6-4-32(23-38(34)49)66-18-16-63-14-12-61-11-13-62-15-17-65-31-3-5-33-36(22-31)48(60)54(47(33)59)39-7-8-44(56)52-46(39)58/h3-6,9-10,19-27,39H,2,7-8,11-18H2,1H3,(H2,50,57)(H,52,56,58). The highest BCUT2D eigenvalue weighted by Gasteiger charge is 2.44. The van der Waals surface area contributed by atoms with E-state index in [-0.39, 0.29) is 72.7 Å². The first-order chi connectivity index (χ1) is 32.5. The number of nitrogens with zero attached hydrogens (tertiary/aromatic N) is 3. The number of aromatic nitrogens is 2. The van der Waals surface area contributed by atoms with Gasteiger partial charge in [0.2, 0.25) is 17.7 Å². The van der Waals surface area contributed by atoms with Crippen molar-refractivity contribution in [3.05, 3.63) is 123 Å². The lowest BCUT2D eigenvalue weighted by molar-refractivity contribution is -0.136. The smallest absolute Gasteiger partial charge is 0.262 e. The first kappa shape index (κ1) is 46.2. The van der Waals surface area contributed by atoms with E-state index >= 15 is 0 Å². The van der Waals surface area contributed by atoms with Gasteiger partial charge in [-0.25, -0.2) is 4.98 Å². The number of hydrogen-bond acceptors (Lipinski definition) is 14. The second kappa shape index (κ2) is 20.8. The van der Waals surface area contributed by atoms with Gasteiger partial charge in [-0.15, -0.1) is 0 Å². The van der Waals surface area contributed by atoms with Crippen LogP contribution in [0.4, 0.5) is 0 Å². The van der Waals surface area contributed by atoms with Crippen LogP contribution in [0.25, 0.3) is 39.1 Å². The maximum Gasteiger partial charge on any atom is 0.262 e. The van der Waals surface area contributed by atoms with Gasteiger partial charge in [0.05, 0.1) is 74.1 Å². The van der Waals surface area contributed by atoms with E-state index < -0.39 is 35.6 Å². The molecular weight excluding hydrogens is 890 g/mol. The zero-order valence-electron chi connectivity index (χ0n) is 36.1. The molecule has 0 spiro atoms. The molecule has 0 radical (unpaired) electrons. The number of halogens is 1. The molecule has 0 aliphatic carbocycles. The van der Waals surface area contributed by atoms with Crippen molar-refractivity contribution < 1.29 is 56.8 Å². The second-order valence-electron chi connectivity index (χ2n) is 15.2. The molecule has 6 aromatic rings. The van der Waals surface area contributed by atoms with Crippen LogP contribution in [0.15, 0.2) is 101 Å². The van der Waals surface area contributed by atoms with Gasteiger partial charge in [0, 0.05) is 53.3 Å². The summed E-state index contributed by atoms with van der Waals surface area (Å²) < 4.78 is 42.2. The number of primary amides is 1. The molecule has 18 nitrogen and oxygen atoms in total. The van der Waals surface area contributed by atoms with E-state index in [4.69, 9.17) is 50.2 Å². The quantitative estimate of drug-likeness (QED) is 0.0683. The number of benzene rings is 4. The van der Waals surface area contributed by atoms with Gasteiger partial charge in [0.1, 0.15) is 47.8 Å². The maximum atomic E-state index is 13.6. The molecule has 346 valence electrons. The molecule has 3 N–H and O–H groups in total. The molecule has 0 bridgehead atoms. The predicted molar refractivity (Wildman–Crippen MR) is 242 cm³/mol. The summed E-state index contributed by atoms with van der Waals surface area (Å²) in [4.78, 5) is 80.6. The van der Waals surface area contributed by atoms with E-state index in [1.165, 1.54) is 18.2 Å². The fourth-order valence-electron chi connectivity index (χ4n) is 7.59. The molecule has 1 unspecified atom stereocenters. The molecule has 1 fully saturated rings. The molecule has 0 saturated carbocycles. The summed E-state index contributed by atoms with van der Waals surface area (Å²) in [5.41, 5.74) is 8.54. The molecule has 2 aromatic heterocycles. The van der Waals surface area contributed by atoms with Crippen molar-refractivity contribution in [3.63, 3.8) is 0 Å². The van der Waals surface area contributed by atoms with Gasteiger partial charge < -0.3 is 43.1 Å². The topological polar surface area (TPSA) is 230 Å². The highest BCUT2D eigenvalue weighted by Crippen LogP contribution is 2.38. The van der Waals surface area contributed by atoms with Gasteiger partial charge >= 0.3 is 0 Å². The van der Waals surface area contributed by atoms with Crippen LogP contribution < -0.4 is 30.7 Å². The Hall–Kier alpha value is -7.38. The van der Waals surface area contributed by atoms with Gasteiger partial charge in [0.25, 0.3) is 11.8 Å². The summed E-state index contributed by atoms with van der Waals surface area (Å²) in [6, 6.07) is 18.4. The molecule has 1 saturated heterocycles. The number of hydrogen-bond donors (Lipinski definition) is 2. The number of amides is 5. The fourth-order valence-corrected chi connectivity index (χ4v) is 7.85. The molecule has 67 heavy (non-hydrogen) atoms. The summed E-state index contributed by atoms with van der Waals surface area (Å²) in [6.45, 7) is 4.40. The van der Waals surface area contributed by atoms with Crippen molar-refractivity contribution in [2.45, 2.75) is 25.8 Å². The summed E-state index contributed by atoms with van der Waals surface area (Å²) in [5.74, 6) is -1.37. The van der Waals surface area contributed by atoms with Crippen molar-refractivity contribution >= 4 is 52.1 Å². The third-order valence-corrected chi connectivity index (χ3v) is 11.1. The average molecular weight is 934 g/mol. The lowest BCUT2D eigenvalue weighted by atomic mass is 9.98. The number of fused-ring (bicyclic) bond motifs is 2. The molecule has 4 aromatic carbocycles. The van der Waals surface area contributed by atoms with Crippen molar-refractivity contribution in [2.75, 3.05) is 59.5 Å². The summed E-state index contributed by atoms with van der Waals surface area (Å²) in [6.07, 6.45) is 5.09. The number of imidazole rings is 1. The summed E-state index contributed by atoms with van der Waals surface area (Å²) in [7, 11) is 0. The lowest BCUT2D eigenvalue weighted by Crippen LogP contribution is -2.54. The van der Waals surface area contributed by atoms with E-state index in [0.717, 1.165) is 4.90 Å². The van der Waals surface area contributed by atoms with Crippen LogP contribution in [-0.2, 0) is 23.8 Å². The van der Waals surface area contributed by atoms with Crippen molar-refractivity contribution in [1.82, 2.24) is 19.8 Å². The zero-order chi connectivity index (χ0) is 47.0. The number of piperidine rings is 1. The lowest BCUT2D eigenvalue weighted by Gasteiger charge is -2.27. The molecular formula is C48H44ClN5O13. The predicted octanol–water partition coefficient (Wildman–Crippen LogP) is 5.37. The van der Waals surface area contributed by atoms with E-state index in [1.54, 1.807) is 71.8 Å². The highest BCUT2D eigenvalue weighted by molar-refractivity contribution is 6.33. The zero-order valence-corrected chi connectivity index (χ0v) is 36.9. The molecule has 4 heterocycles. The number of carbonyl (C=O) groups excluding carboxylic acids is 5. The SMILES string of the molecule is CCOc1cc2oc(-c3ccc(OCCOCCOCCOCCOc4ccc5c(c4)C(=O)N(C4CCC(=O)NC4=O)C5=O)cc3Cl)cc(=O)c2cc1-c1cc(C(N)=O)cc(-n2ccnc2)c1. The normalized spacial score (nSPS) is 14.7. The Kier molecular flexibility index (Phi) is 14.4. The molecule has 2 aliphatic heterocycles. The van der Waals surface area contributed by atoms with Crippen molar-refractivity contribution in [2.24, 2.45) is 5.73 Å². The van der Waals surface area contributed by atoms with Crippen LogP contribution in [0.2, 0.25) is 5.02 Å². The average Bonchev–Trinajstić information content (AvgIpc) is 3.94. The van der Waals surface area contributed by atoms with E-state index in [0.29, 0.717) is 83.1 Å². The Morgan fingerprint density at radius 1 is 0.776 bits per heavy atom. The van der Waals surface area contributed by atoms with Gasteiger partial charge in [-0.3, -0.25) is 39.0 Å². The first-order valence-electron chi connectivity index (χ1n) is 21.3. The summed E-state index contributed by atoms with van der Waals surface area (Å²) >= 11 is 6.68. The Morgan fingerprint density at radius 3 is 2.09 bits per heavy atom. The fraction of sp³-hybridized carbons (Fsp3) is 0.271. The van der Waals surface area contributed by atoms with Crippen LogP contribution in [0.1, 0.15) is 50.8 Å². The maximum absolute atomic E-state index is 13.6. The number of nitrogens with one attached hydrogen (secondary N) is 1. The minimum atomic E-state index is -1.04. The van der Waals surface area contributed by atoms with E-state index in [2.05, 4.69) is 10.3 Å². The van der Waals surface area contributed by atoms with Crippen molar-refractivity contribution in [3.8, 4) is 45.4 Å². The Morgan fingerprint density at radius 2 is 1.45 bits per heavy atom. The number of ether oxygens (including phenoxy) is 6. The molecule has 2 aliphatic rings. The van der Waals surface area contributed by atoms with E-state index in [9.17, 15) is 28.8 Å². The molecule has 5 amide bonds. The highest BCUT2D eigenvalue weighted by atomic mass is 35.5. The number of rotatable bonds is 21. The molecule has 8 rings (SSSR count). The number of nitrogens with two attached hydrogens (primary N) is 1. The third kappa shape index (κ3) is 10.5. The van der Waals surface area contributed by atoms with Crippen LogP contribution in [0, 0.1) is 0 Å². The van der Waals surface area contributed by atoms with Gasteiger partial charge in [-0.05, 0) is 79.6 Å². The minimum Gasteiger partial charge on any atom is -0.493 e. The Bertz CT molecular complexity index is 2920. The number of carbonyl (C=O) groups is 5. The van der Waals surface area contributed by atoms with Crippen LogP contribution >= 0.6 is 11.6 Å². The van der Waals surface area contributed by atoms with Crippen LogP contribution in [0.3, 0.4) is 0 Å². The van der Waals surface area contributed by atoms with Crippen LogP contribution in [-0.4, -0.2) is 109 Å². The Labute approximate surface area is 387 Å². The van der Waals surface area contributed by atoms with Gasteiger partial charge in [-0.2, -0.15) is 0 Å². The van der Waals surface area contributed by atoms with Gasteiger partial charge in [0.15, 0.2) is 5.43 Å². The van der Waals surface area contributed by atoms with E-state index in [1.807, 2.05) is 13.0 Å². The van der Waals surface area contributed by atoms with Crippen LogP contribution in [0.5, 0.6) is 17.2 Å². The Balaban J connectivity index is 0.755. The van der Waals surface area contributed by atoms with Gasteiger partial charge in [-0.1, -0.05) is 11.6 Å².